The van der Waals surface area contributed by atoms with Crippen molar-refractivity contribution in [1.82, 2.24) is 0 Å². The fourth-order valence-electron chi connectivity index (χ4n) is 2.73. The van der Waals surface area contributed by atoms with Gasteiger partial charge in [-0.15, -0.1) is 0 Å². The Hall–Kier alpha value is -0.490. The first-order valence-corrected chi connectivity index (χ1v) is 8.11. The van der Waals surface area contributed by atoms with Crippen LogP contribution < -0.4 is 11.1 Å². The maximum Gasteiger partial charge on any atom is 0.0819 e. The Kier molecular flexibility index (Phi) is 4.95. The maximum atomic E-state index is 10.6. The van der Waals surface area contributed by atoms with Gasteiger partial charge in [0.2, 0.25) is 0 Å². The highest BCUT2D eigenvalue weighted by Crippen LogP contribution is 2.34. The van der Waals surface area contributed by atoms with Crippen LogP contribution in [0.15, 0.2) is 18.2 Å². The standard InChI is InChI=1S/C15H23IN2O/c1-2-11-5-7-15(19,8-6-11)10-18-14-4-3-12(17)9-13(14)16/h3-4,9,11,18-19H,2,5-8,10,17H2,1H3. The predicted octanol–water partition coefficient (Wildman–Crippen LogP) is 3.62. The molecular weight excluding hydrogens is 351 g/mol. The molecule has 2 rings (SSSR count). The molecule has 0 amide bonds. The van der Waals surface area contributed by atoms with E-state index in [-0.39, 0.29) is 0 Å². The van der Waals surface area contributed by atoms with Crippen LogP contribution in [0.1, 0.15) is 39.0 Å². The van der Waals surface area contributed by atoms with E-state index in [1.807, 2.05) is 18.2 Å². The highest BCUT2D eigenvalue weighted by molar-refractivity contribution is 14.1. The highest BCUT2D eigenvalue weighted by Gasteiger charge is 2.32. The van der Waals surface area contributed by atoms with Crippen molar-refractivity contribution in [3.63, 3.8) is 0 Å². The number of hydrogen-bond donors (Lipinski definition) is 3. The first-order valence-electron chi connectivity index (χ1n) is 7.04. The molecule has 0 saturated heterocycles. The third kappa shape index (κ3) is 3.99. The molecular formula is C15H23IN2O. The summed E-state index contributed by atoms with van der Waals surface area (Å²) in [7, 11) is 0. The van der Waals surface area contributed by atoms with Crippen LogP contribution in [-0.4, -0.2) is 17.3 Å². The summed E-state index contributed by atoms with van der Waals surface area (Å²) >= 11 is 2.27. The summed E-state index contributed by atoms with van der Waals surface area (Å²) in [6, 6.07) is 5.82. The van der Waals surface area contributed by atoms with Crippen molar-refractivity contribution in [2.45, 2.75) is 44.6 Å². The molecule has 1 aromatic carbocycles. The van der Waals surface area contributed by atoms with Gasteiger partial charge in [0.1, 0.15) is 0 Å². The van der Waals surface area contributed by atoms with Crippen LogP contribution in [0.3, 0.4) is 0 Å². The van der Waals surface area contributed by atoms with E-state index in [0.717, 1.165) is 46.5 Å². The van der Waals surface area contributed by atoms with Crippen LogP contribution in [0.25, 0.3) is 0 Å². The minimum absolute atomic E-state index is 0.545. The van der Waals surface area contributed by atoms with Crippen LogP contribution in [-0.2, 0) is 0 Å². The first-order chi connectivity index (χ1) is 9.02. The third-order valence-corrected chi connectivity index (χ3v) is 5.11. The Morgan fingerprint density at radius 1 is 1.42 bits per heavy atom. The van der Waals surface area contributed by atoms with Crippen LogP contribution >= 0.6 is 22.6 Å². The van der Waals surface area contributed by atoms with Gasteiger partial charge in [-0.1, -0.05) is 13.3 Å². The van der Waals surface area contributed by atoms with Crippen molar-refractivity contribution < 1.29 is 5.11 Å². The lowest BCUT2D eigenvalue weighted by atomic mass is 9.78. The molecule has 4 heteroatoms. The van der Waals surface area contributed by atoms with Gasteiger partial charge < -0.3 is 16.2 Å². The summed E-state index contributed by atoms with van der Waals surface area (Å²) in [6.07, 6.45) is 5.34. The normalized spacial score (nSPS) is 27.2. The molecule has 0 aliphatic heterocycles. The Labute approximate surface area is 129 Å². The van der Waals surface area contributed by atoms with E-state index in [0.29, 0.717) is 6.54 Å². The molecule has 1 aromatic rings. The minimum atomic E-state index is -0.545. The van der Waals surface area contributed by atoms with Crippen LogP contribution in [0.2, 0.25) is 0 Å². The third-order valence-electron chi connectivity index (χ3n) is 4.21. The number of nitrogens with one attached hydrogen (secondary N) is 1. The number of nitrogens with two attached hydrogens (primary N) is 1. The molecule has 19 heavy (non-hydrogen) atoms. The average molecular weight is 374 g/mol. The number of hydrogen-bond acceptors (Lipinski definition) is 3. The van der Waals surface area contributed by atoms with Gasteiger partial charge in [-0.05, 0) is 72.4 Å². The zero-order valence-electron chi connectivity index (χ0n) is 11.5. The molecule has 1 fully saturated rings. The van der Waals surface area contributed by atoms with E-state index in [1.54, 1.807) is 0 Å². The quantitative estimate of drug-likeness (QED) is 0.557. The second kappa shape index (κ2) is 6.31. The SMILES string of the molecule is CCC1CCC(O)(CNc2ccc(N)cc2I)CC1. The predicted molar refractivity (Wildman–Crippen MR) is 89.3 cm³/mol. The Morgan fingerprint density at radius 2 is 2.11 bits per heavy atom. The van der Waals surface area contributed by atoms with E-state index < -0.39 is 5.60 Å². The number of aliphatic hydroxyl groups is 1. The molecule has 0 spiro atoms. The number of rotatable bonds is 4. The Morgan fingerprint density at radius 3 is 2.68 bits per heavy atom. The number of benzene rings is 1. The summed E-state index contributed by atoms with van der Waals surface area (Å²) in [6.45, 7) is 2.87. The van der Waals surface area contributed by atoms with E-state index in [2.05, 4.69) is 34.8 Å². The largest absolute Gasteiger partial charge is 0.399 e. The summed E-state index contributed by atoms with van der Waals surface area (Å²) < 4.78 is 1.10. The molecule has 4 N–H and O–H groups in total. The van der Waals surface area contributed by atoms with Gasteiger partial charge in [0.25, 0.3) is 0 Å². The highest BCUT2D eigenvalue weighted by atomic mass is 127. The first kappa shape index (κ1) is 14.9. The van der Waals surface area contributed by atoms with Crippen molar-refractivity contribution in [2.24, 2.45) is 5.92 Å². The number of anilines is 2. The second-order valence-corrected chi connectivity index (χ2v) is 6.83. The molecule has 3 nitrogen and oxygen atoms in total. The van der Waals surface area contributed by atoms with Crippen molar-refractivity contribution in [1.29, 1.82) is 0 Å². The fourth-order valence-corrected chi connectivity index (χ4v) is 3.46. The van der Waals surface area contributed by atoms with Gasteiger partial charge in [0.15, 0.2) is 0 Å². The monoisotopic (exact) mass is 374 g/mol. The summed E-state index contributed by atoms with van der Waals surface area (Å²) in [5, 5.41) is 14.0. The van der Waals surface area contributed by atoms with Crippen molar-refractivity contribution in [3.8, 4) is 0 Å². The van der Waals surface area contributed by atoms with Crippen LogP contribution in [0.4, 0.5) is 11.4 Å². The summed E-state index contributed by atoms with van der Waals surface area (Å²) in [4.78, 5) is 0. The lowest BCUT2D eigenvalue weighted by Gasteiger charge is -2.36. The fraction of sp³-hybridized carbons (Fsp3) is 0.600. The molecule has 1 saturated carbocycles. The van der Waals surface area contributed by atoms with Gasteiger partial charge in [0, 0.05) is 21.5 Å². The van der Waals surface area contributed by atoms with Crippen molar-refractivity contribution in [2.75, 3.05) is 17.6 Å². The van der Waals surface area contributed by atoms with Crippen LogP contribution in [0.5, 0.6) is 0 Å². The Bertz CT molecular complexity index is 428. The van der Waals surface area contributed by atoms with Gasteiger partial charge in [-0.2, -0.15) is 0 Å². The molecule has 0 aromatic heterocycles. The van der Waals surface area contributed by atoms with E-state index in [9.17, 15) is 5.11 Å². The number of halogens is 1. The smallest absolute Gasteiger partial charge is 0.0819 e. The second-order valence-electron chi connectivity index (χ2n) is 5.67. The van der Waals surface area contributed by atoms with Gasteiger partial charge in [-0.3, -0.25) is 0 Å². The zero-order chi connectivity index (χ0) is 13.9. The minimum Gasteiger partial charge on any atom is -0.399 e. The van der Waals surface area contributed by atoms with Gasteiger partial charge >= 0.3 is 0 Å². The van der Waals surface area contributed by atoms with E-state index in [1.165, 1.54) is 6.42 Å². The maximum absolute atomic E-state index is 10.6. The van der Waals surface area contributed by atoms with Crippen molar-refractivity contribution >= 4 is 34.0 Å². The van der Waals surface area contributed by atoms with Crippen LogP contribution in [0, 0.1) is 9.49 Å². The average Bonchev–Trinajstić information content (AvgIpc) is 2.39. The lowest BCUT2D eigenvalue weighted by molar-refractivity contribution is 0.00228. The lowest BCUT2D eigenvalue weighted by Crippen LogP contribution is -2.40. The van der Waals surface area contributed by atoms with E-state index >= 15 is 0 Å². The number of nitrogen functional groups attached to an aromatic ring is 1. The summed E-state index contributed by atoms with van der Waals surface area (Å²) in [5.41, 5.74) is 7.03. The molecule has 0 bridgehead atoms. The van der Waals surface area contributed by atoms with E-state index in [4.69, 9.17) is 5.73 Å². The summed E-state index contributed by atoms with van der Waals surface area (Å²) in [5.74, 6) is 0.803. The zero-order valence-corrected chi connectivity index (χ0v) is 13.6. The van der Waals surface area contributed by atoms with Gasteiger partial charge in [0.05, 0.1) is 5.60 Å². The molecule has 106 valence electrons. The van der Waals surface area contributed by atoms with Crippen molar-refractivity contribution in [3.05, 3.63) is 21.8 Å². The molecule has 1 aliphatic rings. The molecule has 0 atom stereocenters. The molecule has 0 radical (unpaired) electrons. The Balaban J connectivity index is 1.91. The molecule has 1 aliphatic carbocycles. The molecule has 0 unspecified atom stereocenters. The molecule has 0 heterocycles. The van der Waals surface area contributed by atoms with Gasteiger partial charge in [-0.25, -0.2) is 0 Å². The topological polar surface area (TPSA) is 58.3 Å².